The van der Waals surface area contributed by atoms with Gasteiger partial charge in [0.1, 0.15) is 5.75 Å². The molecule has 1 amide bonds. The average Bonchev–Trinajstić information content (AvgIpc) is 2.75. The van der Waals surface area contributed by atoms with Crippen molar-refractivity contribution in [3.63, 3.8) is 0 Å². The number of pyridine rings is 1. The van der Waals surface area contributed by atoms with Gasteiger partial charge in [-0.1, -0.05) is 22.0 Å². The molecule has 1 N–H and O–H groups in total. The van der Waals surface area contributed by atoms with Crippen molar-refractivity contribution in [3.8, 4) is 5.75 Å². The van der Waals surface area contributed by atoms with Crippen LogP contribution >= 0.6 is 15.9 Å². The SMILES string of the molecule is O=C(N/N=C/c1cc([N+](=O)[O-])ccc1OC(=O)c1cccc(Br)c1)c1ccncc1. The number of halogens is 1. The molecule has 0 radical (unpaired) electrons. The van der Waals surface area contributed by atoms with E-state index in [2.05, 4.69) is 31.4 Å². The van der Waals surface area contributed by atoms with E-state index in [-0.39, 0.29) is 22.6 Å². The normalized spacial score (nSPS) is 10.6. The van der Waals surface area contributed by atoms with Crippen molar-refractivity contribution in [1.82, 2.24) is 10.4 Å². The third kappa shape index (κ3) is 5.32. The molecule has 0 aliphatic carbocycles. The quantitative estimate of drug-likeness (QED) is 0.193. The van der Waals surface area contributed by atoms with Gasteiger partial charge in [-0.15, -0.1) is 0 Å². The summed E-state index contributed by atoms with van der Waals surface area (Å²) < 4.78 is 6.06. The zero-order valence-electron chi connectivity index (χ0n) is 15.2. The van der Waals surface area contributed by atoms with Crippen LogP contribution in [0, 0.1) is 10.1 Å². The Kier molecular flexibility index (Phi) is 6.60. The van der Waals surface area contributed by atoms with E-state index >= 15 is 0 Å². The first-order valence-electron chi connectivity index (χ1n) is 8.43. The van der Waals surface area contributed by atoms with Crippen molar-refractivity contribution in [3.05, 3.63) is 98.3 Å². The lowest BCUT2D eigenvalue weighted by molar-refractivity contribution is -0.384. The van der Waals surface area contributed by atoms with Gasteiger partial charge in [0.15, 0.2) is 0 Å². The molecule has 0 aliphatic heterocycles. The van der Waals surface area contributed by atoms with Crippen LogP contribution in [-0.4, -0.2) is 28.0 Å². The van der Waals surface area contributed by atoms with Gasteiger partial charge in [-0.2, -0.15) is 5.10 Å². The van der Waals surface area contributed by atoms with Crippen LogP contribution in [0.15, 0.2) is 76.6 Å². The maximum Gasteiger partial charge on any atom is 0.343 e. The number of aromatic nitrogens is 1. The van der Waals surface area contributed by atoms with E-state index in [4.69, 9.17) is 4.74 Å². The topological polar surface area (TPSA) is 124 Å². The van der Waals surface area contributed by atoms with Gasteiger partial charge >= 0.3 is 5.97 Å². The number of esters is 1. The number of ether oxygens (including phenoxy) is 1. The summed E-state index contributed by atoms with van der Waals surface area (Å²) in [6.07, 6.45) is 4.08. The third-order valence-corrected chi connectivity index (χ3v) is 4.27. The lowest BCUT2D eigenvalue weighted by atomic mass is 10.2. The number of carbonyl (C=O) groups is 2. The second-order valence-corrected chi connectivity index (χ2v) is 6.73. The molecule has 3 aromatic rings. The Morgan fingerprint density at radius 2 is 1.87 bits per heavy atom. The van der Waals surface area contributed by atoms with Gasteiger partial charge in [-0.05, 0) is 36.4 Å². The van der Waals surface area contributed by atoms with E-state index in [0.29, 0.717) is 10.0 Å². The first-order valence-corrected chi connectivity index (χ1v) is 9.23. The molecule has 30 heavy (non-hydrogen) atoms. The zero-order chi connectivity index (χ0) is 21.5. The van der Waals surface area contributed by atoms with Crippen LogP contribution in [0.3, 0.4) is 0 Å². The predicted molar refractivity (Wildman–Crippen MR) is 111 cm³/mol. The second kappa shape index (κ2) is 9.52. The number of nitro groups is 1. The maximum atomic E-state index is 12.4. The molecule has 0 fully saturated rings. The Hall–Kier alpha value is -3.92. The van der Waals surface area contributed by atoms with Gasteiger partial charge in [0, 0.05) is 40.1 Å². The number of hydrogen-bond acceptors (Lipinski definition) is 7. The summed E-state index contributed by atoms with van der Waals surface area (Å²) in [6.45, 7) is 0. The van der Waals surface area contributed by atoms with Gasteiger partial charge in [0.25, 0.3) is 11.6 Å². The molecule has 9 nitrogen and oxygen atoms in total. The fraction of sp³-hybridized carbons (Fsp3) is 0. The molecule has 3 rings (SSSR count). The van der Waals surface area contributed by atoms with Crippen LogP contribution in [0.25, 0.3) is 0 Å². The maximum absolute atomic E-state index is 12.4. The monoisotopic (exact) mass is 468 g/mol. The van der Waals surface area contributed by atoms with Gasteiger partial charge in [-0.3, -0.25) is 19.9 Å². The fourth-order valence-electron chi connectivity index (χ4n) is 2.35. The van der Waals surface area contributed by atoms with Crippen molar-refractivity contribution in [2.45, 2.75) is 0 Å². The molecule has 0 aliphatic rings. The van der Waals surface area contributed by atoms with Crippen molar-refractivity contribution >= 4 is 39.7 Å². The highest BCUT2D eigenvalue weighted by Gasteiger charge is 2.15. The van der Waals surface area contributed by atoms with E-state index in [1.807, 2.05) is 0 Å². The van der Waals surface area contributed by atoms with Gasteiger partial charge in [-0.25, -0.2) is 10.2 Å². The summed E-state index contributed by atoms with van der Waals surface area (Å²) in [7, 11) is 0. The Bertz CT molecular complexity index is 1140. The first-order chi connectivity index (χ1) is 14.4. The smallest absolute Gasteiger partial charge is 0.343 e. The van der Waals surface area contributed by atoms with Crippen LogP contribution in [0.4, 0.5) is 5.69 Å². The molecule has 0 saturated carbocycles. The molecule has 0 saturated heterocycles. The molecule has 1 heterocycles. The fourth-order valence-corrected chi connectivity index (χ4v) is 2.75. The molecule has 0 spiro atoms. The lowest BCUT2D eigenvalue weighted by Gasteiger charge is -2.08. The van der Waals surface area contributed by atoms with Crippen molar-refractivity contribution in [2.24, 2.45) is 5.10 Å². The van der Waals surface area contributed by atoms with E-state index in [9.17, 15) is 19.7 Å². The minimum Gasteiger partial charge on any atom is -0.422 e. The molecule has 0 bridgehead atoms. The summed E-state index contributed by atoms with van der Waals surface area (Å²) in [5, 5.41) is 14.9. The van der Waals surface area contributed by atoms with E-state index in [1.165, 1.54) is 42.7 Å². The van der Waals surface area contributed by atoms with Crippen LogP contribution in [0.5, 0.6) is 5.75 Å². The number of nitro benzene ring substituents is 1. The van der Waals surface area contributed by atoms with Gasteiger partial charge in [0.05, 0.1) is 16.7 Å². The summed E-state index contributed by atoms with van der Waals surface area (Å²) in [6, 6.07) is 13.3. The van der Waals surface area contributed by atoms with E-state index in [1.54, 1.807) is 24.3 Å². The van der Waals surface area contributed by atoms with E-state index < -0.39 is 16.8 Å². The number of rotatable bonds is 6. The van der Waals surface area contributed by atoms with Crippen molar-refractivity contribution in [1.29, 1.82) is 0 Å². The van der Waals surface area contributed by atoms with Crippen LogP contribution < -0.4 is 10.2 Å². The number of amides is 1. The summed E-state index contributed by atoms with van der Waals surface area (Å²) >= 11 is 3.27. The Morgan fingerprint density at radius 3 is 2.57 bits per heavy atom. The number of nitrogens with one attached hydrogen (secondary N) is 1. The number of nitrogens with zero attached hydrogens (tertiary/aromatic N) is 3. The Labute approximate surface area is 178 Å². The number of carbonyl (C=O) groups excluding carboxylic acids is 2. The number of benzene rings is 2. The molecule has 0 unspecified atom stereocenters. The highest BCUT2D eigenvalue weighted by molar-refractivity contribution is 9.10. The Morgan fingerprint density at radius 1 is 1.10 bits per heavy atom. The standard InChI is InChI=1S/C20H13BrN4O5/c21-16-3-1-2-14(10-16)20(27)30-18-5-4-17(25(28)29)11-15(18)12-23-24-19(26)13-6-8-22-9-7-13/h1-12H,(H,24,26)/b23-12+. The minimum atomic E-state index is -0.652. The van der Waals surface area contributed by atoms with Crippen LogP contribution in [0.2, 0.25) is 0 Å². The van der Waals surface area contributed by atoms with E-state index in [0.717, 1.165) is 6.21 Å². The zero-order valence-corrected chi connectivity index (χ0v) is 16.8. The molecule has 10 heteroatoms. The number of non-ortho nitro benzene ring substituents is 1. The highest BCUT2D eigenvalue weighted by atomic mass is 79.9. The average molecular weight is 469 g/mol. The molecular formula is C20H13BrN4O5. The van der Waals surface area contributed by atoms with Crippen molar-refractivity contribution in [2.75, 3.05) is 0 Å². The van der Waals surface area contributed by atoms with Gasteiger partial charge in [0.2, 0.25) is 0 Å². The number of hydrogen-bond donors (Lipinski definition) is 1. The Balaban J connectivity index is 1.82. The van der Waals surface area contributed by atoms with Crippen LogP contribution in [-0.2, 0) is 0 Å². The largest absolute Gasteiger partial charge is 0.422 e. The minimum absolute atomic E-state index is 0.0486. The molecule has 150 valence electrons. The highest BCUT2D eigenvalue weighted by Crippen LogP contribution is 2.24. The van der Waals surface area contributed by atoms with Crippen molar-refractivity contribution < 1.29 is 19.2 Å². The first kappa shape index (κ1) is 20.8. The third-order valence-electron chi connectivity index (χ3n) is 3.78. The number of hydrazone groups is 1. The van der Waals surface area contributed by atoms with Gasteiger partial charge < -0.3 is 4.74 Å². The predicted octanol–water partition coefficient (Wildman–Crippen LogP) is 3.74. The summed E-state index contributed by atoms with van der Waals surface area (Å²) in [5.41, 5.74) is 2.84. The van der Waals surface area contributed by atoms with Crippen LogP contribution in [0.1, 0.15) is 26.3 Å². The summed E-state index contributed by atoms with van der Waals surface area (Å²) in [5.74, 6) is -1.10. The molecule has 1 aromatic heterocycles. The molecule has 0 atom stereocenters. The summed E-state index contributed by atoms with van der Waals surface area (Å²) in [4.78, 5) is 38.8. The lowest BCUT2D eigenvalue weighted by Crippen LogP contribution is -2.17. The molecular weight excluding hydrogens is 456 g/mol. The second-order valence-electron chi connectivity index (χ2n) is 5.81. The molecule has 2 aromatic carbocycles.